The zero-order chi connectivity index (χ0) is 9.07. The lowest BCUT2D eigenvalue weighted by atomic mass is 10.0. The minimum Gasteiger partial charge on any atom is -0.364 e. The van der Waals surface area contributed by atoms with Gasteiger partial charge in [0.15, 0.2) is 5.79 Å². The van der Waals surface area contributed by atoms with Crippen LogP contribution in [0.1, 0.15) is 20.8 Å². The molecule has 1 atom stereocenters. The molecule has 0 aromatic carbocycles. The molecule has 1 unspecified atom stereocenters. The van der Waals surface area contributed by atoms with Gasteiger partial charge in [0.25, 0.3) is 0 Å². The molecule has 11 heavy (non-hydrogen) atoms. The molecule has 0 aliphatic rings. The smallest absolute Gasteiger partial charge is 0.177 e. The highest BCUT2D eigenvalue weighted by atomic mass is 33.1. The molecule has 4 heteroatoms. The largest absolute Gasteiger partial charge is 0.364 e. The van der Waals surface area contributed by atoms with E-state index in [1.165, 1.54) is 10.8 Å². The molecule has 0 aliphatic heterocycles. The third kappa shape index (κ3) is 3.23. The van der Waals surface area contributed by atoms with E-state index in [4.69, 9.17) is 0 Å². The Balaban J connectivity index is 4.05. The SMILES string of the molecule is CSSC(C)C(O)(O)C(C)C. The van der Waals surface area contributed by atoms with E-state index in [1.54, 1.807) is 24.6 Å². The first-order valence-electron chi connectivity index (χ1n) is 3.57. The van der Waals surface area contributed by atoms with Gasteiger partial charge in [0.1, 0.15) is 0 Å². The molecule has 0 spiro atoms. The molecule has 0 saturated carbocycles. The molecule has 68 valence electrons. The van der Waals surface area contributed by atoms with Crippen molar-refractivity contribution in [1.29, 1.82) is 0 Å². The summed E-state index contributed by atoms with van der Waals surface area (Å²) in [5.74, 6) is -1.68. The highest BCUT2D eigenvalue weighted by molar-refractivity contribution is 8.76. The highest BCUT2D eigenvalue weighted by Crippen LogP contribution is 2.33. The quantitative estimate of drug-likeness (QED) is 0.530. The van der Waals surface area contributed by atoms with Crippen LogP contribution in [0.5, 0.6) is 0 Å². The number of rotatable bonds is 4. The van der Waals surface area contributed by atoms with E-state index in [1.807, 2.05) is 13.2 Å². The van der Waals surface area contributed by atoms with Crippen LogP contribution in [-0.4, -0.2) is 27.5 Å². The Bertz CT molecular complexity index is 115. The average Bonchev–Trinajstić information content (AvgIpc) is 1.88. The van der Waals surface area contributed by atoms with Gasteiger partial charge in [-0.05, 0) is 13.2 Å². The van der Waals surface area contributed by atoms with E-state index >= 15 is 0 Å². The monoisotopic (exact) mass is 196 g/mol. The summed E-state index contributed by atoms with van der Waals surface area (Å²) >= 11 is 0. The third-order valence-corrected chi connectivity index (χ3v) is 3.96. The lowest BCUT2D eigenvalue weighted by Gasteiger charge is -2.31. The molecule has 0 aromatic rings. The minimum absolute atomic E-state index is 0.128. The molecule has 2 N–H and O–H groups in total. The Hall–Kier alpha value is 0.620. The van der Waals surface area contributed by atoms with Gasteiger partial charge in [-0.3, -0.25) is 0 Å². The van der Waals surface area contributed by atoms with E-state index in [2.05, 4.69) is 0 Å². The Labute approximate surface area is 76.2 Å². The van der Waals surface area contributed by atoms with Crippen LogP contribution >= 0.6 is 21.6 Å². The van der Waals surface area contributed by atoms with Crippen molar-refractivity contribution >= 4 is 21.6 Å². The van der Waals surface area contributed by atoms with Crippen LogP contribution in [0.15, 0.2) is 0 Å². The topological polar surface area (TPSA) is 40.5 Å². The summed E-state index contributed by atoms with van der Waals surface area (Å²) in [7, 11) is 3.03. The van der Waals surface area contributed by atoms with Crippen molar-refractivity contribution < 1.29 is 10.2 Å². The van der Waals surface area contributed by atoms with Crippen molar-refractivity contribution in [3.05, 3.63) is 0 Å². The fourth-order valence-corrected chi connectivity index (χ4v) is 2.68. The molecule has 0 fully saturated rings. The average molecular weight is 196 g/mol. The van der Waals surface area contributed by atoms with Crippen molar-refractivity contribution in [1.82, 2.24) is 0 Å². The van der Waals surface area contributed by atoms with Gasteiger partial charge in [0.2, 0.25) is 0 Å². The maximum atomic E-state index is 9.51. The number of hydrogen-bond donors (Lipinski definition) is 2. The molecule has 0 radical (unpaired) electrons. The first kappa shape index (κ1) is 11.6. The summed E-state index contributed by atoms with van der Waals surface area (Å²) in [6, 6.07) is 0. The van der Waals surface area contributed by atoms with E-state index in [0.717, 1.165) is 0 Å². The first-order chi connectivity index (χ1) is 4.92. The van der Waals surface area contributed by atoms with Gasteiger partial charge >= 0.3 is 0 Å². The Morgan fingerprint density at radius 2 is 1.64 bits per heavy atom. The molecule has 0 amide bonds. The molecule has 0 bridgehead atoms. The highest BCUT2D eigenvalue weighted by Gasteiger charge is 2.34. The summed E-state index contributed by atoms with van der Waals surface area (Å²) < 4.78 is 0. The molecule has 0 aliphatic carbocycles. The maximum Gasteiger partial charge on any atom is 0.177 e. The van der Waals surface area contributed by atoms with Gasteiger partial charge in [-0.1, -0.05) is 35.4 Å². The van der Waals surface area contributed by atoms with Gasteiger partial charge in [0.05, 0.1) is 5.25 Å². The van der Waals surface area contributed by atoms with Crippen LogP contribution in [-0.2, 0) is 0 Å². The lowest BCUT2D eigenvalue weighted by Crippen LogP contribution is -2.43. The minimum atomic E-state index is -1.55. The first-order valence-corrected chi connectivity index (χ1v) is 6.19. The van der Waals surface area contributed by atoms with E-state index in [9.17, 15) is 10.2 Å². The van der Waals surface area contributed by atoms with Crippen LogP contribution in [0.4, 0.5) is 0 Å². The zero-order valence-electron chi connectivity index (χ0n) is 7.37. The Morgan fingerprint density at radius 1 is 1.18 bits per heavy atom. The fourth-order valence-electron chi connectivity index (χ4n) is 0.685. The van der Waals surface area contributed by atoms with Crippen molar-refractivity contribution in [3.8, 4) is 0 Å². The molecule has 0 rings (SSSR count). The van der Waals surface area contributed by atoms with Crippen molar-refractivity contribution in [2.75, 3.05) is 6.26 Å². The summed E-state index contributed by atoms with van der Waals surface area (Å²) in [5, 5.41) is 18.9. The second kappa shape index (κ2) is 4.60. The van der Waals surface area contributed by atoms with Crippen molar-refractivity contribution in [3.63, 3.8) is 0 Å². The standard InChI is InChI=1S/C7H16O2S2/c1-5(2)7(8,9)6(3)11-10-4/h5-6,8-9H,1-4H3. The fraction of sp³-hybridized carbons (Fsp3) is 1.00. The van der Waals surface area contributed by atoms with Crippen LogP contribution < -0.4 is 0 Å². The Morgan fingerprint density at radius 3 is 1.91 bits per heavy atom. The van der Waals surface area contributed by atoms with Crippen molar-refractivity contribution in [2.24, 2.45) is 5.92 Å². The second-order valence-corrected chi connectivity index (χ2v) is 5.65. The van der Waals surface area contributed by atoms with E-state index in [-0.39, 0.29) is 11.2 Å². The lowest BCUT2D eigenvalue weighted by molar-refractivity contribution is -0.188. The number of hydrogen-bond acceptors (Lipinski definition) is 4. The van der Waals surface area contributed by atoms with Crippen LogP contribution in [0.25, 0.3) is 0 Å². The van der Waals surface area contributed by atoms with Gasteiger partial charge in [-0.25, -0.2) is 0 Å². The van der Waals surface area contributed by atoms with Gasteiger partial charge < -0.3 is 10.2 Å². The Kier molecular flexibility index (Phi) is 4.86. The number of aliphatic hydroxyl groups is 2. The van der Waals surface area contributed by atoms with E-state index in [0.29, 0.717) is 0 Å². The van der Waals surface area contributed by atoms with Crippen LogP contribution in [0, 0.1) is 5.92 Å². The molecule has 0 heterocycles. The molecule has 0 aromatic heterocycles. The summed E-state index contributed by atoms with van der Waals surface area (Å²) in [6.07, 6.45) is 1.93. The van der Waals surface area contributed by atoms with Crippen LogP contribution in [0.3, 0.4) is 0 Å². The van der Waals surface area contributed by atoms with Crippen LogP contribution in [0.2, 0.25) is 0 Å². The zero-order valence-corrected chi connectivity index (χ0v) is 9.00. The predicted octanol–water partition coefficient (Wildman–Crippen LogP) is 1.72. The second-order valence-electron chi connectivity index (χ2n) is 2.84. The molecule has 0 saturated heterocycles. The summed E-state index contributed by atoms with van der Waals surface area (Å²) in [4.78, 5) is 0. The van der Waals surface area contributed by atoms with Gasteiger partial charge in [-0.2, -0.15) is 0 Å². The molecular weight excluding hydrogens is 180 g/mol. The maximum absolute atomic E-state index is 9.51. The molecule has 2 nitrogen and oxygen atoms in total. The van der Waals surface area contributed by atoms with Gasteiger partial charge in [0, 0.05) is 5.92 Å². The predicted molar refractivity (Wildman–Crippen MR) is 52.6 cm³/mol. The van der Waals surface area contributed by atoms with Gasteiger partial charge in [-0.15, -0.1) is 0 Å². The third-order valence-electron chi connectivity index (χ3n) is 1.69. The summed E-state index contributed by atoms with van der Waals surface area (Å²) in [6.45, 7) is 5.43. The summed E-state index contributed by atoms with van der Waals surface area (Å²) in [5.41, 5.74) is 0. The normalized spacial score (nSPS) is 15.5. The molecular formula is C7H16O2S2. The van der Waals surface area contributed by atoms with Crippen molar-refractivity contribution in [2.45, 2.75) is 31.8 Å². The van der Waals surface area contributed by atoms with E-state index < -0.39 is 5.79 Å².